The molecule has 0 aliphatic carbocycles. The summed E-state index contributed by atoms with van der Waals surface area (Å²) in [6.45, 7) is 2.53. The van der Waals surface area contributed by atoms with Gasteiger partial charge in [-0.15, -0.1) is 0 Å². The summed E-state index contributed by atoms with van der Waals surface area (Å²) in [5, 5.41) is 0. The number of halogens is 1. The molecule has 2 aromatic rings. The van der Waals surface area contributed by atoms with Gasteiger partial charge in [0.1, 0.15) is 16.2 Å². The molecule has 4 nitrogen and oxygen atoms in total. The third kappa shape index (κ3) is 2.57. The molecular formula is C13H16BrN3O. The van der Waals surface area contributed by atoms with Crippen LogP contribution in [-0.2, 0) is 0 Å². The fourth-order valence-electron chi connectivity index (χ4n) is 2.01. The molecule has 0 aliphatic rings. The molecule has 1 aromatic carbocycles. The maximum atomic E-state index is 5.86. The SMILES string of the molecule is COc1ccc(C(CN)c2ncc(Br)[nH]2)cc1C. The first-order valence-electron chi connectivity index (χ1n) is 5.70. The smallest absolute Gasteiger partial charge is 0.121 e. The van der Waals surface area contributed by atoms with Crippen molar-refractivity contribution in [1.82, 2.24) is 9.97 Å². The van der Waals surface area contributed by atoms with Crippen molar-refractivity contribution in [2.75, 3.05) is 13.7 Å². The van der Waals surface area contributed by atoms with Crippen LogP contribution in [0.1, 0.15) is 22.9 Å². The van der Waals surface area contributed by atoms with Crippen molar-refractivity contribution in [3.8, 4) is 5.75 Å². The fraction of sp³-hybridized carbons (Fsp3) is 0.308. The van der Waals surface area contributed by atoms with E-state index in [1.807, 2.05) is 19.1 Å². The van der Waals surface area contributed by atoms with Gasteiger partial charge in [0.05, 0.1) is 19.2 Å². The molecule has 18 heavy (non-hydrogen) atoms. The average molecular weight is 310 g/mol. The second kappa shape index (κ2) is 5.54. The molecule has 1 heterocycles. The summed E-state index contributed by atoms with van der Waals surface area (Å²) in [6.07, 6.45) is 1.74. The van der Waals surface area contributed by atoms with E-state index in [0.29, 0.717) is 6.54 Å². The second-order valence-corrected chi connectivity index (χ2v) is 4.99. The number of benzene rings is 1. The Labute approximate surface area is 115 Å². The van der Waals surface area contributed by atoms with Gasteiger partial charge in [0.15, 0.2) is 0 Å². The highest BCUT2D eigenvalue weighted by atomic mass is 79.9. The Balaban J connectivity index is 2.36. The molecule has 1 aromatic heterocycles. The van der Waals surface area contributed by atoms with E-state index in [9.17, 15) is 0 Å². The summed E-state index contributed by atoms with van der Waals surface area (Å²) in [4.78, 5) is 7.49. The summed E-state index contributed by atoms with van der Waals surface area (Å²) in [5.41, 5.74) is 8.09. The highest BCUT2D eigenvalue weighted by Gasteiger charge is 2.16. The average Bonchev–Trinajstić information content (AvgIpc) is 2.77. The zero-order chi connectivity index (χ0) is 13.1. The normalized spacial score (nSPS) is 12.4. The van der Waals surface area contributed by atoms with Gasteiger partial charge < -0.3 is 15.5 Å². The van der Waals surface area contributed by atoms with Crippen LogP contribution in [-0.4, -0.2) is 23.6 Å². The van der Waals surface area contributed by atoms with E-state index in [1.54, 1.807) is 13.3 Å². The minimum absolute atomic E-state index is 0.0703. The number of aromatic nitrogens is 2. The van der Waals surface area contributed by atoms with E-state index in [-0.39, 0.29) is 5.92 Å². The van der Waals surface area contributed by atoms with E-state index in [4.69, 9.17) is 10.5 Å². The zero-order valence-electron chi connectivity index (χ0n) is 10.4. The van der Waals surface area contributed by atoms with E-state index < -0.39 is 0 Å². The van der Waals surface area contributed by atoms with Gasteiger partial charge in [0, 0.05) is 6.54 Å². The number of nitrogens with zero attached hydrogens (tertiary/aromatic N) is 1. The Morgan fingerprint density at radius 1 is 1.50 bits per heavy atom. The van der Waals surface area contributed by atoms with Crippen LogP contribution < -0.4 is 10.5 Å². The van der Waals surface area contributed by atoms with E-state index in [1.165, 1.54) is 0 Å². The van der Waals surface area contributed by atoms with Crippen LogP contribution in [0.15, 0.2) is 29.0 Å². The number of ether oxygens (including phenoxy) is 1. The minimum Gasteiger partial charge on any atom is -0.496 e. The Kier molecular flexibility index (Phi) is 4.04. The van der Waals surface area contributed by atoms with Gasteiger partial charge >= 0.3 is 0 Å². The molecule has 0 saturated carbocycles. The Bertz CT molecular complexity index is 539. The Morgan fingerprint density at radius 2 is 2.28 bits per heavy atom. The molecule has 2 rings (SSSR count). The van der Waals surface area contributed by atoms with Crippen molar-refractivity contribution in [2.45, 2.75) is 12.8 Å². The first-order chi connectivity index (χ1) is 8.65. The number of H-pyrrole nitrogens is 1. The third-order valence-electron chi connectivity index (χ3n) is 2.95. The van der Waals surface area contributed by atoms with Gasteiger partial charge in [0.2, 0.25) is 0 Å². The largest absolute Gasteiger partial charge is 0.496 e. The van der Waals surface area contributed by atoms with Crippen LogP contribution in [0.2, 0.25) is 0 Å². The maximum absolute atomic E-state index is 5.86. The molecule has 0 fully saturated rings. The van der Waals surface area contributed by atoms with E-state index >= 15 is 0 Å². The van der Waals surface area contributed by atoms with Gasteiger partial charge in [-0.25, -0.2) is 4.98 Å². The van der Waals surface area contributed by atoms with Gasteiger partial charge in [-0.05, 0) is 40.0 Å². The van der Waals surface area contributed by atoms with Crippen molar-refractivity contribution >= 4 is 15.9 Å². The molecule has 96 valence electrons. The highest BCUT2D eigenvalue weighted by Crippen LogP contribution is 2.27. The van der Waals surface area contributed by atoms with Gasteiger partial charge in [-0.1, -0.05) is 12.1 Å². The van der Waals surface area contributed by atoms with E-state index in [0.717, 1.165) is 27.3 Å². The first-order valence-corrected chi connectivity index (χ1v) is 6.50. The molecule has 0 radical (unpaired) electrons. The molecular weight excluding hydrogens is 294 g/mol. The number of methoxy groups -OCH3 is 1. The summed E-state index contributed by atoms with van der Waals surface area (Å²) in [5.74, 6) is 1.82. The highest BCUT2D eigenvalue weighted by molar-refractivity contribution is 9.10. The van der Waals surface area contributed by atoms with Crippen LogP contribution >= 0.6 is 15.9 Å². The molecule has 0 bridgehead atoms. The number of nitrogens with two attached hydrogens (primary N) is 1. The molecule has 1 atom stereocenters. The lowest BCUT2D eigenvalue weighted by Gasteiger charge is -2.14. The number of aryl methyl sites for hydroxylation is 1. The van der Waals surface area contributed by atoms with Crippen LogP contribution in [0.3, 0.4) is 0 Å². The fourth-order valence-corrected chi connectivity index (χ4v) is 2.32. The van der Waals surface area contributed by atoms with Crippen molar-refractivity contribution in [3.63, 3.8) is 0 Å². The third-order valence-corrected chi connectivity index (χ3v) is 3.35. The summed E-state index contributed by atoms with van der Waals surface area (Å²) in [6, 6.07) is 6.08. The Morgan fingerprint density at radius 3 is 2.78 bits per heavy atom. The molecule has 1 unspecified atom stereocenters. The number of hydrogen-bond donors (Lipinski definition) is 2. The van der Waals surface area contributed by atoms with Crippen molar-refractivity contribution in [1.29, 1.82) is 0 Å². The van der Waals surface area contributed by atoms with Crippen LogP contribution in [0, 0.1) is 6.92 Å². The Hall–Kier alpha value is -1.33. The molecule has 5 heteroatoms. The molecule has 0 aliphatic heterocycles. The number of hydrogen-bond acceptors (Lipinski definition) is 3. The molecule has 0 saturated heterocycles. The topological polar surface area (TPSA) is 63.9 Å². The predicted octanol–water partition coefficient (Wildman–Crippen LogP) is 2.58. The first kappa shape index (κ1) is 13.1. The standard InChI is InChI=1S/C13H16BrN3O/c1-8-5-9(3-4-11(8)18-2)10(6-15)13-16-7-12(14)17-13/h3-5,7,10H,6,15H2,1-2H3,(H,16,17). The number of imidazole rings is 1. The molecule has 0 spiro atoms. The van der Waals surface area contributed by atoms with Crippen LogP contribution in [0.25, 0.3) is 0 Å². The minimum atomic E-state index is 0.0703. The summed E-state index contributed by atoms with van der Waals surface area (Å²) >= 11 is 3.36. The lowest BCUT2D eigenvalue weighted by molar-refractivity contribution is 0.411. The van der Waals surface area contributed by atoms with Crippen LogP contribution in [0.4, 0.5) is 0 Å². The second-order valence-electron chi connectivity index (χ2n) is 4.13. The summed E-state index contributed by atoms with van der Waals surface area (Å²) < 4.78 is 6.12. The zero-order valence-corrected chi connectivity index (χ0v) is 12.0. The summed E-state index contributed by atoms with van der Waals surface area (Å²) in [7, 11) is 1.67. The predicted molar refractivity (Wildman–Crippen MR) is 74.9 cm³/mol. The number of nitrogens with one attached hydrogen (secondary N) is 1. The number of aromatic amines is 1. The maximum Gasteiger partial charge on any atom is 0.121 e. The lowest BCUT2D eigenvalue weighted by atomic mass is 9.96. The van der Waals surface area contributed by atoms with Crippen molar-refractivity contribution in [2.24, 2.45) is 5.73 Å². The molecule has 3 N–H and O–H groups in total. The molecule has 0 amide bonds. The van der Waals surface area contributed by atoms with E-state index in [2.05, 4.69) is 32.0 Å². The number of rotatable bonds is 4. The van der Waals surface area contributed by atoms with Gasteiger partial charge in [-0.3, -0.25) is 0 Å². The van der Waals surface area contributed by atoms with Crippen molar-refractivity contribution < 1.29 is 4.74 Å². The monoisotopic (exact) mass is 309 g/mol. The quantitative estimate of drug-likeness (QED) is 0.912. The lowest BCUT2D eigenvalue weighted by Crippen LogP contribution is -2.15. The van der Waals surface area contributed by atoms with Gasteiger partial charge in [0.25, 0.3) is 0 Å². The van der Waals surface area contributed by atoms with Crippen LogP contribution in [0.5, 0.6) is 5.75 Å². The van der Waals surface area contributed by atoms with Gasteiger partial charge in [-0.2, -0.15) is 0 Å². The van der Waals surface area contributed by atoms with Crippen molar-refractivity contribution in [3.05, 3.63) is 46.0 Å².